The van der Waals surface area contributed by atoms with E-state index in [0.29, 0.717) is 12.3 Å². The lowest BCUT2D eigenvalue weighted by atomic mass is 10.2. The molecule has 84 valence electrons. The second-order valence-corrected chi connectivity index (χ2v) is 4.56. The van der Waals surface area contributed by atoms with E-state index in [1.165, 1.54) is 7.11 Å². The number of hydrogen-bond acceptors (Lipinski definition) is 4. The Morgan fingerprint density at radius 1 is 1.50 bits per heavy atom. The van der Waals surface area contributed by atoms with Gasteiger partial charge in [-0.05, 0) is 31.4 Å². The van der Waals surface area contributed by atoms with Crippen LogP contribution in [0.4, 0.5) is 0 Å². The lowest BCUT2D eigenvalue weighted by molar-refractivity contribution is -0.141. The molecule has 4 heteroatoms. The van der Waals surface area contributed by atoms with E-state index in [-0.39, 0.29) is 12.0 Å². The minimum absolute atomic E-state index is 0.150. The molecule has 2 unspecified atom stereocenters. The van der Waals surface area contributed by atoms with Crippen LogP contribution in [0.1, 0.15) is 20.3 Å². The molecule has 0 aliphatic rings. The van der Waals surface area contributed by atoms with Gasteiger partial charge in [0, 0.05) is 6.04 Å². The van der Waals surface area contributed by atoms with E-state index in [9.17, 15) is 4.79 Å². The lowest BCUT2D eigenvalue weighted by Gasteiger charge is -2.16. The van der Waals surface area contributed by atoms with Crippen molar-refractivity contribution in [2.24, 2.45) is 5.92 Å². The summed E-state index contributed by atoms with van der Waals surface area (Å²) in [5.74, 6) is 1.64. The van der Waals surface area contributed by atoms with Gasteiger partial charge in [-0.1, -0.05) is 6.92 Å². The molecular weight excluding hydrogens is 198 g/mol. The molecule has 0 spiro atoms. The molecule has 3 nitrogen and oxygen atoms in total. The standard InChI is InChI=1S/C10H21NO2S/c1-8(7-14-4)6-11-9(2)5-10(12)13-3/h8-9,11H,5-7H2,1-4H3. The molecule has 0 fully saturated rings. The highest BCUT2D eigenvalue weighted by molar-refractivity contribution is 7.98. The zero-order valence-corrected chi connectivity index (χ0v) is 10.3. The largest absolute Gasteiger partial charge is 0.469 e. The molecular formula is C10H21NO2S. The maximum Gasteiger partial charge on any atom is 0.307 e. The number of rotatable bonds is 7. The minimum atomic E-state index is -0.150. The molecule has 0 amide bonds. The average Bonchev–Trinajstić information content (AvgIpc) is 2.15. The summed E-state index contributed by atoms with van der Waals surface area (Å²) in [6.45, 7) is 5.16. The highest BCUT2D eigenvalue weighted by Gasteiger charge is 2.09. The van der Waals surface area contributed by atoms with E-state index in [2.05, 4.69) is 23.2 Å². The predicted octanol–water partition coefficient (Wildman–Crippen LogP) is 1.53. The second kappa shape index (κ2) is 8.12. The van der Waals surface area contributed by atoms with E-state index in [1.807, 2.05) is 18.7 Å². The molecule has 0 saturated carbocycles. The van der Waals surface area contributed by atoms with Crippen LogP contribution in [0, 0.1) is 5.92 Å². The van der Waals surface area contributed by atoms with Crippen LogP contribution in [0.3, 0.4) is 0 Å². The van der Waals surface area contributed by atoms with Crippen molar-refractivity contribution in [2.45, 2.75) is 26.3 Å². The van der Waals surface area contributed by atoms with Crippen LogP contribution in [0.5, 0.6) is 0 Å². The third kappa shape index (κ3) is 7.21. The molecule has 0 bridgehead atoms. The van der Waals surface area contributed by atoms with Gasteiger partial charge in [0.05, 0.1) is 13.5 Å². The molecule has 0 aromatic rings. The van der Waals surface area contributed by atoms with Crippen molar-refractivity contribution in [3.8, 4) is 0 Å². The Bertz CT molecular complexity index is 164. The molecule has 0 saturated heterocycles. The summed E-state index contributed by atoms with van der Waals surface area (Å²) in [5, 5.41) is 3.32. The van der Waals surface area contributed by atoms with Gasteiger partial charge < -0.3 is 10.1 Å². The third-order valence-electron chi connectivity index (χ3n) is 1.97. The van der Waals surface area contributed by atoms with E-state index in [1.54, 1.807) is 0 Å². The first-order valence-electron chi connectivity index (χ1n) is 4.89. The fraction of sp³-hybridized carbons (Fsp3) is 0.900. The first-order chi connectivity index (χ1) is 6.60. The summed E-state index contributed by atoms with van der Waals surface area (Å²) < 4.78 is 4.59. The van der Waals surface area contributed by atoms with Gasteiger partial charge in [-0.25, -0.2) is 0 Å². The second-order valence-electron chi connectivity index (χ2n) is 3.65. The number of carbonyl (C=O) groups is 1. The van der Waals surface area contributed by atoms with Crippen LogP contribution in [-0.2, 0) is 9.53 Å². The summed E-state index contributed by atoms with van der Waals surface area (Å²) in [4.78, 5) is 10.9. The van der Waals surface area contributed by atoms with Crippen molar-refractivity contribution in [2.75, 3.05) is 25.7 Å². The summed E-state index contributed by atoms with van der Waals surface area (Å²) in [6, 6.07) is 0.201. The number of ether oxygens (including phenoxy) is 1. The maximum atomic E-state index is 10.9. The predicted molar refractivity (Wildman–Crippen MR) is 61.6 cm³/mol. The van der Waals surface area contributed by atoms with Crippen molar-refractivity contribution < 1.29 is 9.53 Å². The quantitative estimate of drug-likeness (QED) is 0.659. The molecule has 0 rings (SSSR count). The zero-order valence-electron chi connectivity index (χ0n) is 9.50. The molecule has 0 aromatic heterocycles. The number of esters is 1. The van der Waals surface area contributed by atoms with E-state index in [4.69, 9.17) is 0 Å². The van der Waals surface area contributed by atoms with Crippen molar-refractivity contribution in [3.63, 3.8) is 0 Å². The molecule has 0 aromatic carbocycles. The minimum Gasteiger partial charge on any atom is -0.469 e. The Kier molecular flexibility index (Phi) is 7.99. The van der Waals surface area contributed by atoms with Gasteiger partial charge in [0.15, 0.2) is 0 Å². The van der Waals surface area contributed by atoms with Crippen molar-refractivity contribution >= 4 is 17.7 Å². The summed E-state index contributed by atoms with van der Waals surface area (Å²) in [7, 11) is 1.42. The van der Waals surface area contributed by atoms with Crippen LogP contribution in [0.15, 0.2) is 0 Å². The smallest absolute Gasteiger partial charge is 0.307 e. The number of carbonyl (C=O) groups excluding carboxylic acids is 1. The van der Waals surface area contributed by atoms with Gasteiger partial charge in [-0.3, -0.25) is 4.79 Å². The van der Waals surface area contributed by atoms with Gasteiger partial charge >= 0.3 is 5.97 Å². The number of thioether (sulfide) groups is 1. The van der Waals surface area contributed by atoms with E-state index < -0.39 is 0 Å². The highest BCUT2D eigenvalue weighted by Crippen LogP contribution is 2.03. The number of methoxy groups -OCH3 is 1. The fourth-order valence-corrected chi connectivity index (χ4v) is 1.84. The van der Waals surface area contributed by atoms with Crippen molar-refractivity contribution in [1.29, 1.82) is 0 Å². The van der Waals surface area contributed by atoms with E-state index >= 15 is 0 Å². The van der Waals surface area contributed by atoms with Gasteiger partial charge in [-0.15, -0.1) is 0 Å². The lowest BCUT2D eigenvalue weighted by Crippen LogP contribution is -2.33. The topological polar surface area (TPSA) is 38.3 Å². The van der Waals surface area contributed by atoms with E-state index in [0.717, 1.165) is 12.3 Å². The van der Waals surface area contributed by atoms with Gasteiger partial charge in [0.2, 0.25) is 0 Å². The molecule has 1 N–H and O–H groups in total. The maximum absolute atomic E-state index is 10.9. The monoisotopic (exact) mass is 219 g/mol. The average molecular weight is 219 g/mol. The van der Waals surface area contributed by atoms with Gasteiger partial charge in [0.1, 0.15) is 0 Å². The zero-order chi connectivity index (χ0) is 11.0. The highest BCUT2D eigenvalue weighted by atomic mass is 32.2. The van der Waals surface area contributed by atoms with Crippen molar-refractivity contribution in [1.82, 2.24) is 5.32 Å². The molecule has 2 atom stereocenters. The van der Waals surface area contributed by atoms with Crippen LogP contribution in [0.2, 0.25) is 0 Å². The molecule has 0 heterocycles. The summed E-state index contributed by atoms with van der Waals surface area (Å²) in [6.07, 6.45) is 2.55. The molecule has 0 radical (unpaired) electrons. The summed E-state index contributed by atoms with van der Waals surface area (Å²) in [5.41, 5.74) is 0. The Hall–Kier alpha value is -0.220. The Morgan fingerprint density at radius 3 is 2.64 bits per heavy atom. The first kappa shape index (κ1) is 13.8. The number of hydrogen-bond donors (Lipinski definition) is 1. The number of nitrogens with one attached hydrogen (secondary N) is 1. The Labute approximate surface area is 91.0 Å². The van der Waals surface area contributed by atoms with Crippen molar-refractivity contribution in [3.05, 3.63) is 0 Å². The SMILES string of the molecule is COC(=O)CC(C)NCC(C)CSC. The summed E-state index contributed by atoms with van der Waals surface area (Å²) >= 11 is 1.85. The Balaban J connectivity index is 3.52. The van der Waals surface area contributed by atoms with Crippen LogP contribution >= 0.6 is 11.8 Å². The van der Waals surface area contributed by atoms with Crippen LogP contribution in [-0.4, -0.2) is 37.7 Å². The molecule has 14 heavy (non-hydrogen) atoms. The van der Waals surface area contributed by atoms with Crippen LogP contribution < -0.4 is 5.32 Å². The van der Waals surface area contributed by atoms with Gasteiger partial charge in [-0.2, -0.15) is 11.8 Å². The Morgan fingerprint density at radius 2 is 2.14 bits per heavy atom. The molecule has 0 aliphatic heterocycles. The van der Waals surface area contributed by atoms with Crippen LogP contribution in [0.25, 0.3) is 0 Å². The normalized spacial score (nSPS) is 14.9. The molecule has 0 aliphatic carbocycles. The first-order valence-corrected chi connectivity index (χ1v) is 6.28. The third-order valence-corrected chi connectivity index (χ3v) is 2.87. The van der Waals surface area contributed by atoms with Gasteiger partial charge in [0.25, 0.3) is 0 Å². The fourth-order valence-electron chi connectivity index (χ4n) is 1.15.